The molecule has 98 valence electrons. The SMILES string of the molecule is CC(C)c1ccc(-c2ccc(Cl)cc2C(=O)O)cc1. The zero-order chi connectivity index (χ0) is 14.0. The fourth-order valence-electron chi connectivity index (χ4n) is 1.99. The second kappa shape index (κ2) is 5.45. The van der Waals surface area contributed by atoms with Crippen molar-refractivity contribution in [3.05, 3.63) is 58.6 Å². The van der Waals surface area contributed by atoms with Crippen molar-refractivity contribution in [3.8, 4) is 11.1 Å². The normalized spacial score (nSPS) is 10.7. The van der Waals surface area contributed by atoms with Crippen molar-refractivity contribution >= 4 is 17.6 Å². The predicted molar refractivity (Wildman–Crippen MR) is 77.9 cm³/mol. The molecule has 2 aromatic rings. The standard InChI is InChI=1S/C16H15ClO2/c1-10(2)11-3-5-12(6-4-11)14-8-7-13(17)9-15(14)16(18)19/h3-10H,1-2H3,(H,18,19). The highest BCUT2D eigenvalue weighted by Gasteiger charge is 2.12. The molecular formula is C16H15ClO2. The summed E-state index contributed by atoms with van der Waals surface area (Å²) < 4.78 is 0. The summed E-state index contributed by atoms with van der Waals surface area (Å²) >= 11 is 5.85. The summed E-state index contributed by atoms with van der Waals surface area (Å²) in [5.74, 6) is -0.511. The summed E-state index contributed by atoms with van der Waals surface area (Å²) in [6.07, 6.45) is 0. The highest BCUT2D eigenvalue weighted by molar-refractivity contribution is 6.31. The summed E-state index contributed by atoms with van der Waals surface area (Å²) in [5, 5.41) is 9.67. The molecule has 0 spiro atoms. The third kappa shape index (κ3) is 2.96. The van der Waals surface area contributed by atoms with Crippen LogP contribution >= 0.6 is 11.6 Å². The van der Waals surface area contributed by atoms with Crippen LogP contribution in [0.5, 0.6) is 0 Å². The number of carbonyl (C=O) groups is 1. The first-order valence-electron chi connectivity index (χ1n) is 6.12. The van der Waals surface area contributed by atoms with Gasteiger partial charge in [0.05, 0.1) is 5.56 Å². The number of hydrogen-bond acceptors (Lipinski definition) is 1. The van der Waals surface area contributed by atoms with Crippen molar-refractivity contribution in [2.45, 2.75) is 19.8 Å². The molecule has 3 heteroatoms. The van der Waals surface area contributed by atoms with Gasteiger partial charge < -0.3 is 5.11 Å². The Morgan fingerprint density at radius 1 is 1.11 bits per heavy atom. The maximum Gasteiger partial charge on any atom is 0.336 e. The Labute approximate surface area is 117 Å². The van der Waals surface area contributed by atoms with E-state index in [1.807, 2.05) is 24.3 Å². The molecule has 2 rings (SSSR count). The summed E-state index contributed by atoms with van der Waals surface area (Å²) in [6.45, 7) is 4.25. The van der Waals surface area contributed by atoms with Crippen molar-refractivity contribution < 1.29 is 9.90 Å². The van der Waals surface area contributed by atoms with Gasteiger partial charge in [0.25, 0.3) is 0 Å². The van der Waals surface area contributed by atoms with Gasteiger partial charge in [-0.1, -0.05) is 55.8 Å². The van der Waals surface area contributed by atoms with Crippen molar-refractivity contribution in [2.75, 3.05) is 0 Å². The molecule has 0 amide bonds. The van der Waals surface area contributed by atoms with E-state index in [1.165, 1.54) is 11.6 Å². The Morgan fingerprint density at radius 3 is 2.26 bits per heavy atom. The van der Waals surface area contributed by atoms with Crippen LogP contribution < -0.4 is 0 Å². The van der Waals surface area contributed by atoms with Gasteiger partial charge in [-0.25, -0.2) is 4.79 Å². The molecule has 2 nitrogen and oxygen atoms in total. The fraction of sp³-hybridized carbons (Fsp3) is 0.188. The van der Waals surface area contributed by atoms with Crippen LogP contribution in [-0.2, 0) is 0 Å². The molecule has 0 radical (unpaired) electrons. The van der Waals surface area contributed by atoms with Crippen LogP contribution in [0.4, 0.5) is 0 Å². The van der Waals surface area contributed by atoms with Crippen LogP contribution in [-0.4, -0.2) is 11.1 Å². The molecule has 19 heavy (non-hydrogen) atoms. The molecule has 0 fully saturated rings. The highest BCUT2D eigenvalue weighted by atomic mass is 35.5. The Kier molecular flexibility index (Phi) is 3.91. The van der Waals surface area contributed by atoms with E-state index in [4.69, 9.17) is 11.6 Å². The maximum absolute atomic E-state index is 11.3. The Balaban J connectivity index is 2.49. The molecule has 2 aromatic carbocycles. The monoisotopic (exact) mass is 274 g/mol. The minimum atomic E-state index is -0.967. The van der Waals surface area contributed by atoms with Gasteiger partial charge >= 0.3 is 5.97 Å². The van der Waals surface area contributed by atoms with Crippen molar-refractivity contribution in [2.24, 2.45) is 0 Å². The minimum Gasteiger partial charge on any atom is -0.478 e. The largest absolute Gasteiger partial charge is 0.478 e. The molecule has 0 aliphatic rings. The van der Waals surface area contributed by atoms with Gasteiger partial charge in [-0.15, -0.1) is 0 Å². The number of halogens is 1. The highest BCUT2D eigenvalue weighted by Crippen LogP contribution is 2.28. The topological polar surface area (TPSA) is 37.3 Å². The molecule has 0 unspecified atom stereocenters. The quantitative estimate of drug-likeness (QED) is 0.870. The van der Waals surface area contributed by atoms with Gasteiger partial charge in [0, 0.05) is 5.02 Å². The number of carboxylic acid groups (broad SMARTS) is 1. The van der Waals surface area contributed by atoms with Crippen LogP contribution in [0, 0.1) is 0 Å². The molecule has 0 aliphatic heterocycles. The number of hydrogen-bond donors (Lipinski definition) is 1. The molecule has 0 atom stereocenters. The molecular weight excluding hydrogens is 260 g/mol. The average Bonchev–Trinajstić information content (AvgIpc) is 2.38. The summed E-state index contributed by atoms with van der Waals surface area (Å²) in [5.41, 5.74) is 3.03. The van der Waals surface area contributed by atoms with Gasteiger partial charge in [-0.2, -0.15) is 0 Å². The van der Waals surface area contributed by atoms with Crippen molar-refractivity contribution in [1.82, 2.24) is 0 Å². The number of rotatable bonds is 3. The fourth-order valence-corrected chi connectivity index (χ4v) is 2.16. The van der Waals surface area contributed by atoms with Gasteiger partial charge in [0.15, 0.2) is 0 Å². The third-order valence-corrected chi connectivity index (χ3v) is 3.34. The lowest BCUT2D eigenvalue weighted by atomic mass is 9.96. The molecule has 1 N–H and O–H groups in total. The first-order chi connectivity index (χ1) is 8.99. The van der Waals surface area contributed by atoms with Crippen LogP contribution in [0.1, 0.15) is 35.7 Å². The zero-order valence-corrected chi connectivity index (χ0v) is 11.6. The summed E-state index contributed by atoms with van der Waals surface area (Å²) in [7, 11) is 0. The van der Waals surface area contributed by atoms with Crippen molar-refractivity contribution in [1.29, 1.82) is 0 Å². The first-order valence-corrected chi connectivity index (χ1v) is 6.50. The van der Waals surface area contributed by atoms with E-state index >= 15 is 0 Å². The maximum atomic E-state index is 11.3. The lowest BCUT2D eigenvalue weighted by Gasteiger charge is -2.09. The predicted octanol–water partition coefficient (Wildman–Crippen LogP) is 4.83. The molecule has 0 heterocycles. The molecule has 0 bridgehead atoms. The average molecular weight is 275 g/mol. The zero-order valence-electron chi connectivity index (χ0n) is 10.9. The molecule has 0 aromatic heterocycles. The molecule has 0 aliphatic carbocycles. The number of benzene rings is 2. The first kappa shape index (κ1) is 13.6. The molecule has 0 saturated carbocycles. The van der Waals surface area contributed by atoms with E-state index in [0.717, 1.165) is 5.56 Å². The van der Waals surface area contributed by atoms with E-state index in [-0.39, 0.29) is 5.56 Å². The van der Waals surface area contributed by atoms with E-state index in [2.05, 4.69) is 13.8 Å². The van der Waals surface area contributed by atoms with E-state index in [0.29, 0.717) is 16.5 Å². The molecule has 0 saturated heterocycles. The van der Waals surface area contributed by atoms with E-state index in [9.17, 15) is 9.90 Å². The van der Waals surface area contributed by atoms with Gasteiger partial charge in [-0.05, 0) is 34.7 Å². The van der Waals surface area contributed by atoms with Crippen LogP contribution in [0.2, 0.25) is 5.02 Å². The summed E-state index contributed by atoms with van der Waals surface area (Å²) in [4.78, 5) is 11.3. The second-order valence-corrected chi connectivity index (χ2v) is 5.21. The number of carboxylic acids is 1. The smallest absolute Gasteiger partial charge is 0.336 e. The van der Waals surface area contributed by atoms with E-state index in [1.54, 1.807) is 12.1 Å². The second-order valence-electron chi connectivity index (χ2n) is 4.77. The van der Waals surface area contributed by atoms with Crippen molar-refractivity contribution in [3.63, 3.8) is 0 Å². The Bertz CT molecular complexity index is 601. The summed E-state index contributed by atoms with van der Waals surface area (Å²) in [6, 6.07) is 12.9. The number of aromatic carboxylic acids is 1. The minimum absolute atomic E-state index is 0.227. The van der Waals surface area contributed by atoms with E-state index < -0.39 is 5.97 Å². The van der Waals surface area contributed by atoms with Crippen LogP contribution in [0.15, 0.2) is 42.5 Å². The van der Waals surface area contributed by atoms with Gasteiger partial charge in [-0.3, -0.25) is 0 Å². The Hall–Kier alpha value is -1.80. The van der Waals surface area contributed by atoms with Gasteiger partial charge in [0.1, 0.15) is 0 Å². The lowest BCUT2D eigenvalue weighted by molar-refractivity contribution is 0.0697. The van der Waals surface area contributed by atoms with Crippen LogP contribution in [0.3, 0.4) is 0 Å². The Morgan fingerprint density at radius 2 is 1.74 bits per heavy atom. The van der Waals surface area contributed by atoms with Crippen LogP contribution in [0.25, 0.3) is 11.1 Å². The third-order valence-electron chi connectivity index (χ3n) is 3.10. The van der Waals surface area contributed by atoms with Gasteiger partial charge in [0.2, 0.25) is 0 Å². The lowest BCUT2D eigenvalue weighted by Crippen LogP contribution is -1.99.